The van der Waals surface area contributed by atoms with E-state index in [0.717, 1.165) is 5.56 Å². The largest absolute Gasteiger partial charge is 0.493 e. The first-order valence-electron chi connectivity index (χ1n) is 11.6. The van der Waals surface area contributed by atoms with E-state index in [4.69, 9.17) is 24.8 Å². The molecule has 200 valence electrons. The highest BCUT2D eigenvalue weighted by atomic mass is 16.5. The molecule has 0 saturated heterocycles. The van der Waals surface area contributed by atoms with Crippen LogP contribution in [0.4, 0.5) is 5.69 Å². The molecule has 2 atom stereocenters. The van der Waals surface area contributed by atoms with Crippen molar-refractivity contribution in [3.63, 3.8) is 0 Å². The number of benzene rings is 3. The van der Waals surface area contributed by atoms with Crippen LogP contribution in [0.5, 0.6) is 17.2 Å². The quantitative estimate of drug-likeness (QED) is 0.119. The number of rotatable bonds is 12. The Labute approximate surface area is 219 Å². The van der Waals surface area contributed by atoms with Gasteiger partial charge in [0.2, 0.25) is 5.91 Å². The molecule has 3 aromatic carbocycles. The third-order valence-electron chi connectivity index (χ3n) is 5.65. The van der Waals surface area contributed by atoms with Gasteiger partial charge in [0.25, 0.3) is 0 Å². The van der Waals surface area contributed by atoms with Gasteiger partial charge in [-0.3, -0.25) is 20.9 Å². The summed E-state index contributed by atoms with van der Waals surface area (Å²) in [5, 5.41) is 32.2. The van der Waals surface area contributed by atoms with Gasteiger partial charge in [-0.2, -0.15) is 0 Å². The van der Waals surface area contributed by atoms with E-state index in [0.29, 0.717) is 28.3 Å². The molecule has 0 aliphatic heterocycles. The van der Waals surface area contributed by atoms with E-state index in [-0.39, 0.29) is 18.1 Å². The van der Waals surface area contributed by atoms with Crippen molar-refractivity contribution in [2.45, 2.75) is 25.6 Å². The van der Waals surface area contributed by atoms with Gasteiger partial charge in [0.1, 0.15) is 17.6 Å². The van der Waals surface area contributed by atoms with Crippen molar-refractivity contribution >= 4 is 23.4 Å². The van der Waals surface area contributed by atoms with Crippen LogP contribution in [-0.4, -0.2) is 48.3 Å². The van der Waals surface area contributed by atoms with Gasteiger partial charge in [0, 0.05) is 29.4 Å². The van der Waals surface area contributed by atoms with Crippen molar-refractivity contribution in [2.24, 2.45) is 0 Å². The van der Waals surface area contributed by atoms with E-state index < -0.39 is 24.0 Å². The number of carbonyl (C=O) groups excluding carboxylic acids is 1. The summed E-state index contributed by atoms with van der Waals surface area (Å²) in [4.78, 5) is 25.1. The van der Waals surface area contributed by atoms with Gasteiger partial charge in [-0.05, 0) is 42.8 Å². The second kappa shape index (κ2) is 13.0. The van der Waals surface area contributed by atoms with Crippen LogP contribution in [0.3, 0.4) is 0 Å². The van der Waals surface area contributed by atoms with Crippen molar-refractivity contribution in [1.82, 2.24) is 10.8 Å². The molecule has 11 heteroatoms. The van der Waals surface area contributed by atoms with Crippen LogP contribution in [-0.2, 0) is 16.1 Å². The number of hydroxylamine groups is 1. The first-order valence-corrected chi connectivity index (χ1v) is 11.6. The van der Waals surface area contributed by atoms with Gasteiger partial charge in [-0.15, -0.1) is 0 Å². The Bertz CT molecular complexity index is 1270. The normalized spacial score (nSPS) is 12.0. The summed E-state index contributed by atoms with van der Waals surface area (Å²) in [5.74, 6) is -1.05. The third kappa shape index (κ3) is 6.92. The first kappa shape index (κ1) is 27.8. The molecule has 0 radical (unpaired) electrons. The predicted octanol–water partition coefficient (Wildman–Crippen LogP) is 3.33. The van der Waals surface area contributed by atoms with Crippen LogP contribution in [0.25, 0.3) is 0 Å². The number of methoxy groups -OCH3 is 2. The van der Waals surface area contributed by atoms with Gasteiger partial charge in [-0.1, -0.05) is 30.3 Å². The highest BCUT2D eigenvalue weighted by molar-refractivity contribution is 5.96. The van der Waals surface area contributed by atoms with Crippen molar-refractivity contribution in [2.75, 3.05) is 19.5 Å². The maximum absolute atomic E-state index is 13.6. The molecule has 3 rings (SSSR count). The lowest BCUT2D eigenvalue weighted by Crippen LogP contribution is -2.34. The molecular weight excluding hydrogens is 492 g/mol. The Morgan fingerprint density at radius 1 is 0.947 bits per heavy atom. The molecule has 0 saturated carbocycles. The zero-order valence-corrected chi connectivity index (χ0v) is 21.1. The Morgan fingerprint density at radius 3 is 2.16 bits per heavy atom. The monoisotopic (exact) mass is 522 g/mol. The van der Waals surface area contributed by atoms with Crippen LogP contribution in [0.2, 0.25) is 0 Å². The Morgan fingerprint density at radius 2 is 1.58 bits per heavy atom. The number of hydrogen-bond donors (Lipinski definition) is 6. The minimum absolute atomic E-state index is 0.118. The molecule has 0 aromatic heterocycles. The van der Waals surface area contributed by atoms with Gasteiger partial charge in [0.15, 0.2) is 17.6 Å². The summed E-state index contributed by atoms with van der Waals surface area (Å²) in [6.45, 7) is 1.63. The summed E-state index contributed by atoms with van der Waals surface area (Å²) in [7, 11) is 2.88. The van der Waals surface area contributed by atoms with Crippen molar-refractivity contribution in [1.29, 1.82) is 5.41 Å². The molecule has 1 amide bonds. The average Bonchev–Trinajstić information content (AvgIpc) is 2.94. The van der Waals surface area contributed by atoms with Gasteiger partial charge >= 0.3 is 5.97 Å². The highest BCUT2D eigenvalue weighted by Crippen LogP contribution is 2.39. The summed E-state index contributed by atoms with van der Waals surface area (Å²) < 4.78 is 16.5. The Balaban J connectivity index is 2.04. The molecule has 0 heterocycles. The zero-order valence-electron chi connectivity index (χ0n) is 21.1. The number of carboxylic acids is 1. The van der Waals surface area contributed by atoms with Crippen molar-refractivity contribution < 1.29 is 34.1 Å². The van der Waals surface area contributed by atoms with Crippen LogP contribution in [0.1, 0.15) is 29.7 Å². The van der Waals surface area contributed by atoms with Crippen molar-refractivity contribution in [3.8, 4) is 17.2 Å². The van der Waals surface area contributed by atoms with Gasteiger partial charge < -0.3 is 30.0 Å². The van der Waals surface area contributed by atoms with Crippen LogP contribution < -0.4 is 30.3 Å². The zero-order chi connectivity index (χ0) is 27.7. The molecule has 0 unspecified atom stereocenters. The summed E-state index contributed by atoms with van der Waals surface area (Å²) in [6, 6.07) is 17.8. The average molecular weight is 523 g/mol. The molecule has 6 N–H and O–H groups in total. The second-order valence-electron chi connectivity index (χ2n) is 8.19. The SMILES string of the molecule is COc1cc(O[C@@H](C)C(=O)O)c([C@H](Nc2ccc(C(=N)NO)cc2)C(=O)NCc2ccccc2)cc1OC. The summed E-state index contributed by atoms with van der Waals surface area (Å²) in [5.41, 5.74) is 3.93. The Hall–Kier alpha value is -4.77. The molecule has 0 spiro atoms. The maximum atomic E-state index is 13.6. The number of ether oxygens (including phenoxy) is 3. The number of anilines is 1. The third-order valence-corrected chi connectivity index (χ3v) is 5.65. The number of aliphatic carboxylic acids is 1. The summed E-state index contributed by atoms with van der Waals surface area (Å²) in [6.07, 6.45) is -1.21. The highest BCUT2D eigenvalue weighted by Gasteiger charge is 2.28. The maximum Gasteiger partial charge on any atom is 0.344 e. The number of amidine groups is 1. The topological polar surface area (TPSA) is 162 Å². The van der Waals surface area contributed by atoms with Gasteiger partial charge in [-0.25, -0.2) is 4.79 Å². The lowest BCUT2D eigenvalue weighted by atomic mass is 10.0. The fourth-order valence-corrected chi connectivity index (χ4v) is 3.58. The van der Waals surface area contributed by atoms with Crippen LogP contribution >= 0.6 is 0 Å². The van der Waals surface area contributed by atoms with Crippen LogP contribution in [0.15, 0.2) is 66.7 Å². The number of nitrogens with one attached hydrogen (secondary N) is 4. The number of carboxylic acid groups (broad SMARTS) is 1. The lowest BCUT2D eigenvalue weighted by molar-refractivity contribution is -0.144. The van der Waals surface area contributed by atoms with E-state index in [2.05, 4.69) is 10.6 Å². The molecule has 0 fully saturated rings. The fourth-order valence-electron chi connectivity index (χ4n) is 3.58. The molecule has 3 aromatic rings. The molecular formula is C27H30N4O7. The van der Waals surface area contributed by atoms with E-state index in [1.807, 2.05) is 30.3 Å². The van der Waals surface area contributed by atoms with Crippen LogP contribution in [0, 0.1) is 5.41 Å². The van der Waals surface area contributed by atoms with Crippen molar-refractivity contribution in [3.05, 3.63) is 83.4 Å². The minimum atomic E-state index is -1.21. The molecule has 0 aliphatic carbocycles. The molecule has 0 bridgehead atoms. The Kier molecular flexibility index (Phi) is 9.49. The van der Waals surface area contributed by atoms with E-state index in [1.165, 1.54) is 27.2 Å². The fraction of sp³-hybridized carbons (Fsp3) is 0.222. The first-order chi connectivity index (χ1) is 18.3. The van der Waals surface area contributed by atoms with E-state index in [1.54, 1.807) is 35.8 Å². The second-order valence-corrected chi connectivity index (χ2v) is 8.19. The summed E-state index contributed by atoms with van der Waals surface area (Å²) >= 11 is 0. The molecule has 11 nitrogen and oxygen atoms in total. The number of amides is 1. The minimum Gasteiger partial charge on any atom is -0.493 e. The standard InChI is InChI=1S/C27H30N4O7/c1-16(27(33)34)38-21-14-23(37-3)22(36-2)13-20(21)24(26(32)29-15-17-7-5-4-6-8-17)30-19-11-9-18(10-12-19)25(28)31-35/h4-14,16,24,30,35H,15H2,1-3H3,(H2,28,31)(H,29,32)(H,33,34)/t16-,24-/m0/s1. The van der Waals surface area contributed by atoms with Gasteiger partial charge in [0.05, 0.1) is 14.2 Å². The molecule has 38 heavy (non-hydrogen) atoms. The smallest absolute Gasteiger partial charge is 0.344 e. The van der Waals surface area contributed by atoms with E-state index >= 15 is 0 Å². The molecule has 0 aliphatic rings. The lowest BCUT2D eigenvalue weighted by Gasteiger charge is -2.25. The van der Waals surface area contributed by atoms with E-state index in [9.17, 15) is 14.7 Å². The predicted molar refractivity (Wildman–Crippen MR) is 140 cm³/mol. The number of carbonyl (C=O) groups is 2. The number of hydrogen-bond acceptors (Lipinski definition) is 8.